The highest BCUT2D eigenvalue weighted by molar-refractivity contribution is 7.89. The van der Waals surface area contributed by atoms with Crippen LogP contribution in [0.4, 0.5) is 10.1 Å². The van der Waals surface area contributed by atoms with Crippen LogP contribution in [0.5, 0.6) is 5.75 Å². The van der Waals surface area contributed by atoms with Crippen molar-refractivity contribution in [2.24, 2.45) is 0 Å². The highest BCUT2D eigenvalue weighted by Crippen LogP contribution is 2.51. The topological polar surface area (TPSA) is 118 Å². The van der Waals surface area contributed by atoms with Gasteiger partial charge in [-0.3, -0.25) is 14.7 Å². The Kier molecular flexibility index (Phi) is 8.36. The van der Waals surface area contributed by atoms with E-state index >= 15 is 0 Å². The maximum atomic E-state index is 13.7. The summed E-state index contributed by atoms with van der Waals surface area (Å²) in [7, 11) is -2.50. The molecule has 1 saturated carbocycles. The van der Waals surface area contributed by atoms with Crippen molar-refractivity contribution in [2.45, 2.75) is 29.8 Å². The Morgan fingerprint density at radius 3 is 2.42 bits per heavy atom. The number of amides is 1. The highest BCUT2D eigenvalue weighted by atomic mass is 32.2. The average Bonchev–Trinajstić information content (AvgIpc) is 3.92. The van der Waals surface area contributed by atoms with Crippen LogP contribution in [0.15, 0.2) is 102 Å². The molecule has 9 nitrogen and oxygen atoms in total. The lowest BCUT2D eigenvalue weighted by atomic mass is 10.0. The smallest absolute Gasteiger partial charge is 0.257 e. The first kappa shape index (κ1) is 31.7. The van der Waals surface area contributed by atoms with Gasteiger partial charge in [0.05, 0.1) is 23.1 Å². The number of nitrogens with zero attached hydrogens (tertiary/aromatic N) is 3. The zero-order valence-corrected chi connectivity index (χ0v) is 27.3. The molecule has 48 heavy (non-hydrogen) atoms. The number of halogens is 1. The van der Waals surface area contributed by atoms with E-state index in [0.717, 1.165) is 23.8 Å². The number of carbonyl (C=O) groups excluding carboxylic acids is 1. The molecular formula is C37H36FN5O4S. The lowest BCUT2D eigenvalue weighted by Crippen LogP contribution is -2.52. The fourth-order valence-corrected chi connectivity index (χ4v) is 7.98. The zero-order chi connectivity index (χ0) is 33.5. The predicted octanol–water partition coefficient (Wildman–Crippen LogP) is 5.56. The van der Waals surface area contributed by atoms with Gasteiger partial charge in [0.2, 0.25) is 10.0 Å². The molecule has 0 spiro atoms. The molecule has 1 aromatic heterocycles. The van der Waals surface area contributed by atoms with Gasteiger partial charge in [0.15, 0.2) is 0 Å². The Hall–Kier alpha value is -4.84. The summed E-state index contributed by atoms with van der Waals surface area (Å²) in [6, 6.07) is 25.9. The zero-order valence-electron chi connectivity index (χ0n) is 26.5. The number of hydrogen-bond acceptors (Lipinski definition) is 7. The molecule has 0 bridgehead atoms. The van der Waals surface area contributed by atoms with E-state index in [9.17, 15) is 17.6 Å². The fourth-order valence-electron chi connectivity index (χ4n) is 6.77. The summed E-state index contributed by atoms with van der Waals surface area (Å²) in [5.74, 6) is -0.00693. The van der Waals surface area contributed by atoms with Gasteiger partial charge in [-0.1, -0.05) is 42.5 Å². The molecule has 1 saturated heterocycles. The number of aromatic nitrogens is 1. The van der Waals surface area contributed by atoms with Crippen molar-refractivity contribution < 1.29 is 22.3 Å². The second kappa shape index (κ2) is 12.6. The van der Waals surface area contributed by atoms with E-state index in [2.05, 4.69) is 14.6 Å². The molecule has 0 atom stereocenters. The molecule has 246 valence electrons. The summed E-state index contributed by atoms with van der Waals surface area (Å²) in [6.45, 7) is 2.53. The maximum absolute atomic E-state index is 13.7. The summed E-state index contributed by atoms with van der Waals surface area (Å²) in [4.78, 5) is 22.4. The molecule has 11 heteroatoms. The van der Waals surface area contributed by atoms with Gasteiger partial charge >= 0.3 is 0 Å². The Balaban J connectivity index is 1.05. The monoisotopic (exact) mass is 665 g/mol. The molecule has 1 amide bonds. The number of nitrogens with two attached hydrogens (primary N) is 1. The van der Waals surface area contributed by atoms with E-state index in [1.54, 1.807) is 36.5 Å². The minimum absolute atomic E-state index is 0.0189. The summed E-state index contributed by atoms with van der Waals surface area (Å²) >= 11 is 0. The molecule has 2 aliphatic rings. The Morgan fingerprint density at radius 1 is 0.938 bits per heavy atom. The number of pyridine rings is 1. The first-order valence-electron chi connectivity index (χ1n) is 15.9. The Bertz CT molecular complexity index is 2110. The third kappa shape index (κ3) is 6.00. The van der Waals surface area contributed by atoms with Crippen molar-refractivity contribution in [3.8, 4) is 16.9 Å². The number of rotatable bonds is 9. The minimum atomic E-state index is -3.99. The standard InChI is InChI=1S/C37H36FN5O4S/c1-47-33-22-25(7-13-31(33)36(44)42-18-20-43(21-19-42)37(15-16-37)27-8-10-28(38)11-9-27)24-41-48(45,46)34-14-12-29(39)23-32(34)30-6-2-4-26-5-3-17-40-35(26)30/h2-14,17,22-23,41H,15-16,18-21,24,39H2,1H3. The number of piperazine rings is 1. The van der Waals surface area contributed by atoms with E-state index < -0.39 is 10.0 Å². The number of nitrogens with one attached hydrogen (secondary N) is 1. The van der Waals surface area contributed by atoms with Gasteiger partial charge in [0.1, 0.15) is 11.6 Å². The Morgan fingerprint density at radius 2 is 1.69 bits per heavy atom. The van der Waals surface area contributed by atoms with E-state index in [1.165, 1.54) is 25.3 Å². The van der Waals surface area contributed by atoms with Crippen LogP contribution in [-0.4, -0.2) is 62.4 Å². The maximum Gasteiger partial charge on any atom is 0.257 e. The summed E-state index contributed by atoms with van der Waals surface area (Å²) in [5, 5.41) is 0.883. The van der Waals surface area contributed by atoms with E-state index in [1.807, 2.05) is 47.4 Å². The molecule has 0 radical (unpaired) electrons. The van der Waals surface area contributed by atoms with Crippen LogP contribution in [0.3, 0.4) is 0 Å². The first-order valence-corrected chi connectivity index (χ1v) is 17.4. The number of carbonyl (C=O) groups is 1. The van der Waals surface area contributed by atoms with Crippen LogP contribution in [0.1, 0.15) is 34.3 Å². The second-order valence-electron chi connectivity index (χ2n) is 12.3. The van der Waals surface area contributed by atoms with Crippen LogP contribution in [0.25, 0.3) is 22.0 Å². The van der Waals surface area contributed by atoms with Crippen LogP contribution in [0, 0.1) is 5.82 Å². The average molecular weight is 666 g/mol. The molecule has 7 rings (SSSR count). The highest BCUT2D eigenvalue weighted by Gasteiger charge is 2.50. The Labute approximate surface area is 279 Å². The van der Waals surface area contributed by atoms with Gasteiger partial charge < -0.3 is 15.4 Å². The summed E-state index contributed by atoms with van der Waals surface area (Å²) in [5.41, 5.74) is 10.4. The molecule has 2 heterocycles. The van der Waals surface area contributed by atoms with Crippen molar-refractivity contribution in [1.29, 1.82) is 0 Å². The van der Waals surface area contributed by atoms with Crippen LogP contribution < -0.4 is 15.2 Å². The minimum Gasteiger partial charge on any atom is -0.496 e. The summed E-state index contributed by atoms with van der Waals surface area (Å²) < 4.78 is 49.2. The SMILES string of the molecule is COc1cc(CNS(=O)(=O)c2ccc(N)cc2-c2cccc3cccnc23)ccc1C(=O)N1CCN(C2(c3ccc(F)cc3)CC2)CC1. The number of benzene rings is 4. The van der Waals surface area contributed by atoms with Crippen molar-refractivity contribution in [2.75, 3.05) is 39.0 Å². The van der Waals surface area contributed by atoms with Crippen molar-refractivity contribution in [3.63, 3.8) is 0 Å². The van der Waals surface area contributed by atoms with E-state index in [0.29, 0.717) is 65.4 Å². The number of ether oxygens (including phenoxy) is 1. The van der Waals surface area contributed by atoms with Gasteiger partial charge in [-0.25, -0.2) is 17.5 Å². The van der Waals surface area contributed by atoms with Gasteiger partial charge in [-0.2, -0.15) is 0 Å². The molecule has 2 fully saturated rings. The van der Waals surface area contributed by atoms with Crippen molar-refractivity contribution in [1.82, 2.24) is 19.5 Å². The number of para-hydroxylation sites is 1. The molecule has 0 unspecified atom stereocenters. The molecular weight excluding hydrogens is 630 g/mol. The normalized spacial score (nSPS) is 16.2. The second-order valence-corrected chi connectivity index (χ2v) is 14.0. The van der Waals surface area contributed by atoms with Crippen molar-refractivity contribution >= 4 is 32.5 Å². The number of methoxy groups -OCH3 is 1. The molecule has 3 N–H and O–H groups in total. The number of hydrogen-bond donors (Lipinski definition) is 2. The third-order valence-electron chi connectivity index (χ3n) is 9.46. The van der Waals surface area contributed by atoms with E-state index in [-0.39, 0.29) is 28.7 Å². The van der Waals surface area contributed by atoms with Gasteiger partial charge in [0, 0.05) is 66.7 Å². The third-order valence-corrected chi connectivity index (χ3v) is 10.9. The van der Waals surface area contributed by atoms with E-state index in [4.69, 9.17) is 10.5 Å². The molecule has 1 aliphatic heterocycles. The van der Waals surface area contributed by atoms with Gasteiger partial charge in [-0.15, -0.1) is 0 Å². The molecule has 4 aromatic carbocycles. The number of anilines is 1. The molecule has 5 aromatic rings. The number of sulfonamides is 1. The van der Waals surface area contributed by atoms with Gasteiger partial charge in [0.25, 0.3) is 5.91 Å². The quantitative estimate of drug-likeness (QED) is 0.198. The predicted molar refractivity (Wildman–Crippen MR) is 183 cm³/mol. The number of nitrogen functional groups attached to an aromatic ring is 1. The first-order chi connectivity index (χ1) is 23.2. The lowest BCUT2D eigenvalue weighted by molar-refractivity contribution is 0.0528. The van der Waals surface area contributed by atoms with Gasteiger partial charge in [-0.05, 0) is 72.5 Å². The lowest BCUT2D eigenvalue weighted by Gasteiger charge is -2.40. The number of fused-ring (bicyclic) bond motifs is 1. The fraction of sp³-hybridized carbons (Fsp3) is 0.243. The van der Waals surface area contributed by atoms with Crippen molar-refractivity contribution in [3.05, 3.63) is 120 Å². The largest absolute Gasteiger partial charge is 0.496 e. The van der Waals surface area contributed by atoms with Crippen LogP contribution in [0.2, 0.25) is 0 Å². The van der Waals surface area contributed by atoms with Crippen LogP contribution >= 0.6 is 0 Å². The molecule has 1 aliphatic carbocycles. The summed E-state index contributed by atoms with van der Waals surface area (Å²) in [6.07, 6.45) is 3.71. The van der Waals surface area contributed by atoms with Crippen LogP contribution in [-0.2, 0) is 22.1 Å².